The number of hydrogen-bond acceptors (Lipinski definition) is 4. The van der Waals surface area contributed by atoms with Crippen LogP contribution in [0.4, 0.5) is 4.39 Å². The van der Waals surface area contributed by atoms with E-state index in [-0.39, 0.29) is 22.8 Å². The number of carbonyl (C=O) groups is 1. The lowest BCUT2D eigenvalue weighted by Gasteiger charge is -2.08. The molecule has 6 heteroatoms. The average molecular weight is 384 g/mol. The number of rotatable bonds is 6. The molecule has 3 aromatic carbocycles. The number of hydrogen-bond donors (Lipinski definition) is 0. The van der Waals surface area contributed by atoms with E-state index >= 15 is 0 Å². The minimum Gasteiger partial charge on any atom is -0.457 e. The van der Waals surface area contributed by atoms with E-state index in [9.17, 15) is 17.6 Å². The first-order valence-electron chi connectivity index (χ1n) is 8.22. The fourth-order valence-electron chi connectivity index (χ4n) is 2.49. The van der Waals surface area contributed by atoms with E-state index in [2.05, 4.69) is 0 Å². The predicted molar refractivity (Wildman–Crippen MR) is 99.3 cm³/mol. The van der Waals surface area contributed by atoms with Gasteiger partial charge < -0.3 is 4.74 Å². The zero-order chi connectivity index (χ0) is 19.3. The Balaban J connectivity index is 1.63. The Morgan fingerprint density at radius 1 is 0.815 bits per heavy atom. The SMILES string of the molecule is O=C(OCc1ccc(S(=O)(=O)Cc2ccccc2)cc1)c1ccc(F)cc1. The summed E-state index contributed by atoms with van der Waals surface area (Å²) in [4.78, 5) is 12.1. The number of carbonyl (C=O) groups excluding carboxylic acids is 1. The number of halogens is 1. The van der Waals surface area contributed by atoms with E-state index in [4.69, 9.17) is 4.74 Å². The van der Waals surface area contributed by atoms with Gasteiger partial charge in [-0.05, 0) is 47.5 Å². The summed E-state index contributed by atoms with van der Waals surface area (Å²) >= 11 is 0. The van der Waals surface area contributed by atoms with Crippen molar-refractivity contribution < 1.29 is 22.3 Å². The Morgan fingerprint density at radius 2 is 1.44 bits per heavy atom. The van der Waals surface area contributed by atoms with Gasteiger partial charge in [0.25, 0.3) is 0 Å². The van der Waals surface area contributed by atoms with Crippen LogP contribution in [0.1, 0.15) is 21.5 Å². The quantitative estimate of drug-likeness (QED) is 0.599. The molecule has 0 unspecified atom stereocenters. The van der Waals surface area contributed by atoms with E-state index < -0.39 is 21.6 Å². The molecule has 0 heterocycles. The summed E-state index contributed by atoms with van der Waals surface area (Å²) in [6.07, 6.45) is 0. The summed E-state index contributed by atoms with van der Waals surface area (Å²) in [6, 6.07) is 20.2. The molecule has 138 valence electrons. The lowest BCUT2D eigenvalue weighted by molar-refractivity contribution is 0.0472. The number of benzene rings is 3. The second-order valence-corrected chi connectivity index (χ2v) is 7.96. The van der Waals surface area contributed by atoms with Crippen LogP contribution < -0.4 is 0 Å². The molecule has 0 N–H and O–H groups in total. The molecule has 3 rings (SSSR count). The monoisotopic (exact) mass is 384 g/mol. The maximum atomic E-state index is 12.9. The molecule has 0 atom stereocenters. The molecule has 0 aromatic heterocycles. The number of ether oxygens (including phenoxy) is 1. The molecule has 0 saturated carbocycles. The molecule has 0 amide bonds. The maximum absolute atomic E-state index is 12.9. The van der Waals surface area contributed by atoms with Crippen molar-refractivity contribution in [1.29, 1.82) is 0 Å². The highest BCUT2D eigenvalue weighted by Gasteiger charge is 2.15. The van der Waals surface area contributed by atoms with Crippen molar-refractivity contribution in [3.05, 3.63) is 101 Å². The maximum Gasteiger partial charge on any atom is 0.338 e. The van der Waals surface area contributed by atoms with E-state index in [0.29, 0.717) is 5.56 Å². The van der Waals surface area contributed by atoms with Gasteiger partial charge in [-0.15, -0.1) is 0 Å². The molecule has 0 saturated heterocycles. The van der Waals surface area contributed by atoms with Gasteiger partial charge in [-0.3, -0.25) is 0 Å². The first-order valence-corrected chi connectivity index (χ1v) is 9.87. The summed E-state index contributed by atoms with van der Waals surface area (Å²) in [7, 11) is -3.45. The Kier molecular flexibility index (Phi) is 5.66. The Morgan fingerprint density at radius 3 is 2.07 bits per heavy atom. The Hall–Kier alpha value is -2.99. The number of esters is 1. The van der Waals surface area contributed by atoms with Gasteiger partial charge in [0, 0.05) is 0 Å². The molecule has 3 aromatic rings. The van der Waals surface area contributed by atoms with Crippen LogP contribution >= 0.6 is 0 Å². The smallest absolute Gasteiger partial charge is 0.338 e. The van der Waals surface area contributed by atoms with Crippen LogP contribution in [0.3, 0.4) is 0 Å². The summed E-state index contributed by atoms with van der Waals surface area (Å²) in [5.74, 6) is -1.08. The van der Waals surface area contributed by atoms with E-state index in [1.54, 1.807) is 36.4 Å². The van der Waals surface area contributed by atoms with Crippen molar-refractivity contribution in [3.8, 4) is 0 Å². The first kappa shape index (κ1) is 18.8. The standard InChI is InChI=1S/C21H17FO4S/c22-19-10-8-18(9-11-19)21(23)26-14-16-6-12-20(13-7-16)27(24,25)15-17-4-2-1-3-5-17/h1-13H,14-15H2. The third-order valence-corrected chi connectivity index (χ3v) is 5.64. The van der Waals surface area contributed by atoms with Crippen LogP contribution in [-0.4, -0.2) is 14.4 Å². The van der Waals surface area contributed by atoms with Crippen LogP contribution in [0, 0.1) is 5.82 Å². The molecule has 4 nitrogen and oxygen atoms in total. The first-order chi connectivity index (χ1) is 12.9. The van der Waals surface area contributed by atoms with Crippen molar-refractivity contribution >= 4 is 15.8 Å². The van der Waals surface area contributed by atoms with Gasteiger partial charge in [-0.25, -0.2) is 17.6 Å². The number of sulfone groups is 1. The molecular weight excluding hydrogens is 367 g/mol. The highest BCUT2D eigenvalue weighted by atomic mass is 32.2. The lowest BCUT2D eigenvalue weighted by Crippen LogP contribution is -2.07. The van der Waals surface area contributed by atoms with E-state index in [1.165, 1.54) is 36.4 Å². The predicted octanol–water partition coefficient (Wildman–Crippen LogP) is 4.16. The second kappa shape index (κ2) is 8.14. The minimum atomic E-state index is -3.45. The van der Waals surface area contributed by atoms with Gasteiger partial charge in [0.2, 0.25) is 0 Å². The Labute approximate surface area is 157 Å². The van der Waals surface area contributed by atoms with Crippen molar-refractivity contribution in [2.75, 3.05) is 0 Å². The molecule has 0 aliphatic rings. The normalized spacial score (nSPS) is 11.1. The fraction of sp³-hybridized carbons (Fsp3) is 0.0952. The lowest BCUT2D eigenvalue weighted by atomic mass is 10.2. The molecule has 0 aliphatic heterocycles. The Bertz CT molecular complexity index is 1010. The molecule has 0 fully saturated rings. The summed E-state index contributed by atoms with van der Waals surface area (Å²) in [6.45, 7) is -0.00474. The third kappa shape index (κ3) is 5.01. The molecule has 0 aliphatic carbocycles. The van der Waals surface area contributed by atoms with Crippen molar-refractivity contribution in [2.45, 2.75) is 17.3 Å². The van der Waals surface area contributed by atoms with E-state index in [0.717, 1.165) is 5.56 Å². The topological polar surface area (TPSA) is 60.4 Å². The summed E-state index contributed by atoms with van der Waals surface area (Å²) < 4.78 is 43.0. The van der Waals surface area contributed by atoms with E-state index in [1.807, 2.05) is 6.07 Å². The summed E-state index contributed by atoms with van der Waals surface area (Å²) in [5.41, 5.74) is 1.62. The van der Waals surface area contributed by atoms with Crippen LogP contribution in [-0.2, 0) is 26.9 Å². The van der Waals surface area contributed by atoms with Gasteiger partial charge in [0.05, 0.1) is 16.2 Å². The second-order valence-electron chi connectivity index (χ2n) is 5.97. The van der Waals surface area contributed by atoms with Gasteiger partial charge in [0.1, 0.15) is 12.4 Å². The molecule has 0 bridgehead atoms. The summed E-state index contributed by atoms with van der Waals surface area (Å²) in [5, 5.41) is 0. The zero-order valence-electron chi connectivity index (χ0n) is 14.3. The highest BCUT2D eigenvalue weighted by Crippen LogP contribution is 2.18. The fourth-order valence-corrected chi connectivity index (χ4v) is 3.84. The third-order valence-electron chi connectivity index (χ3n) is 3.93. The molecule has 0 radical (unpaired) electrons. The van der Waals surface area contributed by atoms with Crippen LogP contribution in [0.15, 0.2) is 83.8 Å². The largest absolute Gasteiger partial charge is 0.457 e. The highest BCUT2D eigenvalue weighted by molar-refractivity contribution is 7.90. The zero-order valence-corrected chi connectivity index (χ0v) is 15.2. The van der Waals surface area contributed by atoms with Gasteiger partial charge in [0.15, 0.2) is 9.84 Å². The van der Waals surface area contributed by atoms with Gasteiger partial charge in [-0.2, -0.15) is 0 Å². The molecule has 27 heavy (non-hydrogen) atoms. The average Bonchev–Trinajstić information content (AvgIpc) is 2.67. The van der Waals surface area contributed by atoms with Crippen LogP contribution in [0.25, 0.3) is 0 Å². The van der Waals surface area contributed by atoms with Crippen LogP contribution in [0.2, 0.25) is 0 Å². The minimum absolute atomic E-state index is 0.00474. The van der Waals surface area contributed by atoms with Crippen molar-refractivity contribution in [2.24, 2.45) is 0 Å². The van der Waals surface area contributed by atoms with Crippen molar-refractivity contribution in [3.63, 3.8) is 0 Å². The van der Waals surface area contributed by atoms with Crippen molar-refractivity contribution in [1.82, 2.24) is 0 Å². The molecular formula is C21H17FO4S. The van der Waals surface area contributed by atoms with Crippen LogP contribution in [0.5, 0.6) is 0 Å². The van der Waals surface area contributed by atoms with Gasteiger partial charge >= 0.3 is 5.97 Å². The van der Waals surface area contributed by atoms with Gasteiger partial charge in [-0.1, -0.05) is 42.5 Å². The molecule has 0 spiro atoms.